The summed E-state index contributed by atoms with van der Waals surface area (Å²) in [5, 5.41) is 2.96. The molecule has 1 unspecified atom stereocenters. The zero-order chi connectivity index (χ0) is 24.6. The van der Waals surface area contributed by atoms with Crippen LogP contribution in [0.2, 0.25) is 0 Å². The Bertz CT molecular complexity index is 1130. The second-order valence-electron chi connectivity index (χ2n) is 9.67. The molecule has 0 saturated carbocycles. The lowest BCUT2D eigenvalue weighted by Crippen LogP contribution is -2.31. The molecule has 4 aromatic rings. The number of benzene rings is 4. The molecule has 1 saturated heterocycles. The van der Waals surface area contributed by atoms with Crippen LogP contribution in [0.5, 0.6) is 0 Å². The van der Waals surface area contributed by atoms with Crippen LogP contribution in [0.3, 0.4) is 0 Å². The Labute approximate surface area is 220 Å². The first kappa shape index (κ1) is 25.4. The van der Waals surface area contributed by atoms with Gasteiger partial charge in [-0.3, -0.25) is 4.44 Å². The quantitative estimate of drug-likeness (QED) is 0.204. The number of rotatable bonds is 9. The highest BCUT2D eigenvalue weighted by Gasteiger charge is 2.39. The summed E-state index contributed by atoms with van der Waals surface area (Å²) in [6, 6.07) is 45.4. The van der Waals surface area contributed by atoms with Gasteiger partial charge in [-0.15, -0.1) is 0 Å². The van der Waals surface area contributed by atoms with Crippen molar-refractivity contribution in [3.8, 4) is 0 Å². The van der Waals surface area contributed by atoms with Gasteiger partial charge in [0.1, 0.15) is 0 Å². The van der Waals surface area contributed by atoms with Crippen molar-refractivity contribution in [2.75, 3.05) is 12.7 Å². The van der Waals surface area contributed by atoms with Crippen LogP contribution in [-0.2, 0) is 0 Å². The molecule has 1 heterocycles. The number of hydrogen-bond acceptors (Lipinski definition) is 1. The fourth-order valence-electron chi connectivity index (χ4n) is 5.42. The highest BCUT2D eigenvalue weighted by atomic mass is 31.2. The summed E-state index contributed by atoms with van der Waals surface area (Å²) in [7, 11) is -0.965. The van der Waals surface area contributed by atoms with E-state index >= 15 is 0 Å². The van der Waals surface area contributed by atoms with Gasteiger partial charge in [0.2, 0.25) is 0 Å². The molecule has 0 aromatic heterocycles. The molecule has 0 radical (unpaired) electrons. The van der Waals surface area contributed by atoms with Crippen molar-refractivity contribution >= 4 is 26.8 Å². The highest BCUT2D eigenvalue weighted by Crippen LogP contribution is 2.68. The third-order valence-corrected chi connectivity index (χ3v) is 13.6. The van der Waals surface area contributed by atoms with Gasteiger partial charge >= 0.3 is 0 Å². The van der Waals surface area contributed by atoms with E-state index in [2.05, 4.69) is 133 Å². The van der Waals surface area contributed by atoms with Crippen LogP contribution in [0.25, 0.3) is 0 Å². The van der Waals surface area contributed by atoms with E-state index in [1.807, 2.05) is 0 Å². The maximum Gasteiger partial charge on any atom is 0.0318 e. The van der Waals surface area contributed by atoms with Crippen molar-refractivity contribution in [2.24, 2.45) is 0 Å². The molecular weight excluding hydrogens is 472 g/mol. The summed E-state index contributed by atoms with van der Waals surface area (Å²) in [6.45, 7) is 3.50. The fourth-order valence-corrected chi connectivity index (χ4v) is 12.6. The average molecular weight is 510 g/mol. The third-order valence-electron chi connectivity index (χ3n) is 7.25. The lowest BCUT2D eigenvalue weighted by molar-refractivity contribution is 0.558. The van der Waals surface area contributed by atoms with Gasteiger partial charge < -0.3 is 0 Å². The van der Waals surface area contributed by atoms with Gasteiger partial charge in [-0.05, 0) is 61.2 Å². The van der Waals surface area contributed by atoms with Gasteiger partial charge in [0.15, 0.2) is 0 Å². The van der Waals surface area contributed by atoms with Crippen molar-refractivity contribution in [1.29, 1.82) is 0 Å². The van der Waals surface area contributed by atoms with Crippen LogP contribution in [0.15, 0.2) is 121 Å². The summed E-state index contributed by atoms with van der Waals surface area (Å²) >= 11 is 0. The smallest absolute Gasteiger partial charge is 0.0318 e. The van der Waals surface area contributed by atoms with E-state index in [0.29, 0.717) is 11.6 Å². The van der Waals surface area contributed by atoms with Crippen LogP contribution in [0, 0.1) is 0 Å². The third kappa shape index (κ3) is 5.98. The molecular formula is C33H37NP2. The molecule has 184 valence electrons. The van der Waals surface area contributed by atoms with Gasteiger partial charge in [-0.1, -0.05) is 135 Å². The first-order valence-electron chi connectivity index (χ1n) is 13.4. The molecule has 3 heteroatoms. The van der Waals surface area contributed by atoms with E-state index in [-0.39, 0.29) is 8.07 Å². The van der Waals surface area contributed by atoms with Crippen LogP contribution in [0.4, 0.5) is 0 Å². The van der Waals surface area contributed by atoms with Gasteiger partial charge in [0, 0.05) is 20.3 Å². The molecule has 0 spiro atoms. The molecule has 1 aliphatic rings. The zero-order valence-corrected chi connectivity index (χ0v) is 23.1. The molecule has 0 aliphatic carbocycles. The van der Waals surface area contributed by atoms with Gasteiger partial charge in [-0.25, -0.2) is 0 Å². The summed E-state index contributed by atoms with van der Waals surface area (Å²) < 4.78 is 3.01. The molecule has 0 N–H and O–H groups in total. The predicted octanol–water partition coefficient (Wildman–Crippen LogP) is 8.85. The van der Waals surface area contributed by atoms with Gasteiger partial charge in [0.05, 0.1) is 0 Å². The monoisotopic (exact) mass is 509 g/mol. The van der Waals surface area contributed by atoms with E-state index in [4.69, 9.17) is 0 Å². The molecule has 0 amide bonds. The van der Waals surface area contributed by atoms with E-state index in [1.165, 1.54) is 60.1 Å². The van der Waals surface area contributed by atoms with Crippen molar-refractivity contribution < 1.29 is 0 Å². The van der Waals surface area contributed by atoms with E-state index < -0.39 is 8.07 Å². The first-order valence-corrected chi connectivity index (χ1v) is 16.2. The minimum atomic E-state index is -0.592. The van der Waals surface area contributed by atoms with Crippen molar-refractivity contribution in [1.82, 2.24) is 4.44 Å². The number of unbranched alkanes of at least 4 members (excludes halogenated alkanes) is 1. The Balaban J connectivity index is 1.60. The number of nitrogens with zero attached hydrogens (tertiary/aromatic N) is 1. The standard InChI is InChI=1S/C33H37NP2/c1-2-3-26-34(36(31-20-12-6-13-21-31)32-22-14-7-15-23-32)35-27-30(28-16-8-4-9-17-28)24-25-33(35)29-18-10-5-11-19-29/h4-23,30,33H,2-3,24-27H2,1H3/t30-,33+,35?/m1/s1. The predicted molar refractivity (Wildman–Crippen MR) is 160 cm³/mol. The molecule has 1 nitrogen and oxygen atoms in total. The minimum absolute atomic E-state index is 0.374. The van der Waals surface area contributed by atoms with Crippen LogP contribution in [-0.4, -0.2) is 17.1 Å². The lowest BCUT2D eigenvalue weighted by atomic mass is 9.93. The van der Waals surface area contributed by atoms with Crippen LogP contribution < -0.4 is 10.6 Å². The van der Waals surface area contributed by atoms with Crippen LogP contribution in [0.1, 0.15) is 55.3 Å². The fraction of sp³-hybridized carbons (Fsp3) is 0.273. The Kier molecular flexibility index (Phi) is 9.00. The molecule has 3 atom stereocenters. The maximum absolute atomic E-state index is 3.01. The summed E-state index contributed by atoms with van der Waals surface area (Å²) in [6.07, 6.45) is 6.30. The molecule has 36 heavy (non-hydrogen) atoms. The van der Waals surface area contributed by atoms with E-state index in [1.54, 1.807) is 0 Å². The first-order chi connectivity index (χ1) is 17.8. The van der Waals surface area contributed by atoms with Crippen molar-refractivity contribution in [3.05, 3.63) is 132 Å². The minimum Gasteiger partial charge on any atom is -0.252 e. The number of hydrogen-bond donors (Lipinski definition) is 0. The largest absolute Gasteiger partial charge is 0.252 e. The molecule has 0 bridgehead atoms. The molecule has 1 fully saturated rings. The summed E-state index contributed by atoms with van der Waals surface area (Å²) in [5.41, 5.74) is 3.68. The Morgan fingerprint density at radius 1 is 0.667 bits per heavy atom. The Hall–Kier alpha value is -2.30. The highest BCUT2D eigenvalue weighted by molar-refractivity contribution is 7.79. The summed E-state index contributed by atoms with van der Waals surface area (Å²) in [4.78, 5) is 0. The van der Waals surface area contributed by atoms with E-state index in [0.717, 1.165) is 0 Å². The second kappa shape index (κ2) is 12.8. The van der Waals surface area contributed by atoms with Gasteiger partial charge in [0.25, 0.3) is 0 Å². The van der Waals surface area contributed by atoms with Gasteiger partial charge in [-0.2, -0.15) is 0 Å². The zero-order valence-electron chi connectivity index (χ0n) is 21.3. The lowest BCUT2D eigenvalue weighted by Gasteiger charge is -2.46. The topological polar surface area (TPSA) is 3.24 Å². The SMILES string of the molecule is CCCCN(P(c1ccccc1)c1ccccc1)P1C[C@H](c2ccccc2)CC[C@H]1c1ccccc1. The average Bonchev–Trinajstić information content (AvgIpc) is 2.97. The second-order valence-corrected chi connectivity index (χ2v) is 14.5. The van der Waals surface area contributed by atoms with Crippen molar-refractivity contribution in [3.63, 3.8) is 0 Å². The molecule has 5 rings (SSSR count). The maximum atomic E-state index is 3.01. The van der Waals surface area contributed by atoms with Crippen LogP contribution >= 0.6 is 16.1 Å². The molecule has 4 aromatic carbocycles. The van der Waals surface area contributed by atoms with Crippen molar-refractivity contribution in [2.45, 2.75) is 44.2 Å². The normalized spacial score (nSPS) is 20.0. The van der Waals surface area contributed by atoms with E-state index in [9.17, 15) is 0 Å². The molecule has 1 aliphatic heterocycles. The Morgan fingerprint density at radius 3 is 1.69 bits per heavy atom. The Morgan fingerprint density at radius 2 is 1.17 bits per heavy atom. The summed E-state index contributed by atoms with van der Waals surface area (Å²) in [5.74, 6) is 0.643.